The summed E-state index contributed by atoms with van der Waals surface area (Å²) in [5.41, 5.74) is 0. The van der Waals surface area contributed by atoms with E-state index in [2.05, 4.69) is 40.5 Å². The molecule has 0 aliphatic heterocycles. The van der Waals surface area contributed by atoms with Crippen molar-refractivity contribution in [3.8, 4) is 0 Å². The predicted octanol–water partition coefficient (Wildman–Crippen LogP) is 2.35. The van der Waals surface area contributed by atoms with E-state index in [4.69, 9.17) is 0 Å². The molecule has 0 bridgehead atoms. The summed E-state index contributed by atoms with van der Waals surface area (Å²) in [5.74, 6) is 0. The Morgan fingerprint density at radius 3 is 1.45 bits per heavy atom. The third-order valence-corrected chi connectivity index (χ3v) is 4.10. The van der Waals surface area contributed by atoms with Crippen LogP contribution in [0.5, 0.6) is 0 Å². The predicted molar refractivity (Wildman–Crippen MR) is 55.5 cm³/mol. The average molecular weight is 174 g/mol. The molecule has 0 aromatic carbocycles. The van der Waals surface area contributed by atoms with Crippen molar-refractivity contribution in [1.29, 1.82) is 0 Å². The van der Waals surface area contributed by atoms with Crippen LogP contribution in [0.4, 0.5) is 0 Å². The monoisotopic (exact) mass is 174 g/mol. The Balaban J connectivity index is 4.08. The van der Waals surface area contributed by atoms with Gasteiger partial charge in [0.2, 0.25) is 0 Å². The van der Waals surface area contributed by atoms with Gasteiger partial charge >= 0.3 is 0 Å². The first-order chi connectivity index (χ1) is 4.83. The first-order valence-corrected chi connectivity index (χ1v) is 8.37. The van der Waals surface area contributed by atoms with Crippen molar-refractivity contribution in [1.82, 2.24) is 0 Å². The van der Waals surface area contributed by atoms with Crippen molar-refractivity contribution in [3.05, 3.63) is 0 Å². The smallest absolute Gasteiger partial charge is 0.110 e. The van der Waals surface area contributed by atoms with E-state index in [1.807, 2.05) is 0 Å². The zero-order valence-corrected chi connectivity index (χ0v) is 10.1. The molecule has 0 heterocycles. The molecule has 0 rings (SSSR count). The fourth-order valence-corrected chi connectivity index (χ4v) is 4.33. The fourth-order valence-electron chi connectivity index (χ4n) is 1.59. The van der Waals surface area contributed by atoms with Gasteiger partial charge in [-0.3, -0.25) is 0 Å². The summed E-state index contributed by atoms with van der Waals surface area (Å²) in [6.07, 6.45) is 1.42. The summed E-state index contributed by atoms with van der Waals surface area (Å²) in [6, 6.07) is 0. The van der Waals surface area contributed by atoms with Gasteiger partial charge in [-0.2, -0.15) is 0 Å². The third kappa shape index (κ3) is 4.59. The molecule has 68 valence electrons. The summed E-state index contributed by atoms with van der Waals surface area (Å²) in [7, 11) is 1.51. The minimum absolute atomic E-state index is 0.862. The standard InChI is InChI=1S/C9H24NSi/c1-7-10(3,8-2)9-11(4,5)6/h7-9H2,1-6H3/q+1. The van der Waals surface area contributed by atoms with Crippen molar-refractivity contribution in [2.24, 2.45) is 0 Å². The second kappa shape index (κ2) is 3.72. The highest BCUT2D eigenvalue weighted by molar-refractivity contribution is 6.75. The molecule has 0 radical (unpaired) electrons. The van der Waals surface area contributed by atoms with Crippen LogP contribution < -0.4 is 0 Å². The molecule has 0 amide bonds. The van der Waals surface area contributed by atoms with Gasteiger partial charge in [0.15, 0.2) is 0 Å². The Bertz CT molecular complexity index is 111. The Hall–Kier alpha value is 0.177. The van der Waals surface area contributed by atoms with E-state index in [0.717, 1.165) is 0 Å². The highest BCUT2D eigenvalue weighted by atomic mass is 28.3. The van der Waals surface area contributed by atoms with Gasteiger partial charge in [-0.1, -0.05) is 19.6 Å². The summed E-state index contributed by atoms with van der Waals surface area (Å²) in [4.78, 5) is 0. The largest absolute Gasteiger partial charge is 0.330 e. The Morgan fingerprint density at radius 2 is 1.36 bits per heavy atom. The van der Waals surface area contributed by atoms with E-state index in [0.29, 0.717) is 0 Å². The van der Waals surface area contributed by atoms with E-state index in [1.165, 1.54) is 23.7 Å². The summed E-state index contributed by atoms with van der Waals surface area (Å²) in [6.45, 7) is 14.5. The van der Waals surface area contributed by atoms with Gasteiger partial charge < -0.3 is 4.48 Å². The number of rotatable bonds is 4. The van der Waals surface area contributed by atoms with Gasteiger partial charge in [0, 0.05) is 0 Å². The average Bonchev–Trinajstić information content (AvgIpc) is 1.84. The molecular weight excluding hydrogens is 150 g/mol. The number of quaternary nitrogens is 1. The van der Waals surface area contributed by atoms with Crippen LogP contribution in [0.3, 0.4) is 0 Å². The summed E-state index contributed by atoms with van der Waals surface area (Å²) >= 11 is 0. The van der Waals surface area contributed by atoms with Gasteiger partial charge in [0.1, 0.15) is 8.07 Å². The first kappa shape index (κ1) is 11.2. The molecule has 0 fully saturated rings. The maximum atomic E-state index is 2.45. The van der Waals surface area contributed by atoms with E-state index >= 15 is 0 Å². The summed E-state index contributed by atoms with van der Waals surface area (Å²) < 4.78 is 1.26. The molecule has 0 saturated heterocycles. The van der Waals surface area contributed by atoms with Crippen LogP contribution >= 0.6 is 0 Å². The van der Waals surface area contributed by atoms with Crippen molar-refractivity contribution in [2.75, 3.05) is 26.3 Å². The Labute approximate surface area is 73.0 Å². The van der Waals surface area contributed by atoms with Crippen LogP contribution in [-0.4, -0.2) is 38.9 Å². The molecule has 0 aromatic rings. The molecule has 0 N–H and O–H groups in total. The first-order valence-electron chi connectivity index (χ1n) is 4.66. The van der Waals surface area contributed by atoms with Crippen LogP contribution in [0.2, 0.25) is 19.6 Å². The molecule has 0 saturated carbocycles. The van der Waals surface area contributed by atoms with E-state index in [-0.39, 0.29) is 0 Å². The molecule has 0 atom stereocenters. The third-order valence-electron chi connectivity index (χ3n) is 2.38. The molecule has 2 heteroatoms. The van der Waals surface area contributed by atoms with Crippen molar-refractivity contribution in [2.45, 2.75) is 33.5 Å². The minimum atomic E-state index is -0.862. The summed E-state index contributed by atoms with van der Waals surface area (Å²) in [5, 5.41) is 0. The normalized spacial score (nSPS) is 13.6. The van der Waals surface area contributed by atoms with Crippen LogP contribution in [0.1, 0.15) is 13.8 Å². The van der Waals surface area contributed by atoms with E-state index in [1.54, 1.807) is 0 Å². The molecule has 1 nitrogen and oxygen atoms in total. The Morgan fingerprint density at radius 1 is 1.00 bits per heavy atom. The van der Waals surface area contributed by atoms with Gasteiger partial charge in [0.05, 0.1) is 26.3 Å². The van der Waals surface area contributed by atoms with Crippen LogP contribution in [0.25, 0.3) is 0 Å². The highest BCUT2D eigenvalue weighted by Gasteiger charge is 2.26. The maximum absolute atomic E-state index is 2.45. The molecule has 0 unspecified atom stereocenters. The lowest BCUT2D eigenvalue weighted by Gasteiger charge is -2.36. The number of hydrogen-bond donors (Lipinski definition) is 0. The van der Waals surface area contributed by atoms with Crippen molar-refractivity contribution in [3.63, 3.8) is 0 Å². The van der Waals surface area contributed by atoms with Gasteiger partial charge in [-0.25, -0.2) is 0 Å². The molecule has 0 aromatic heterocycles. The topological polar surface area (TPSA) is 0 Å². The minimum Gasteiger partial charge on any atom is -0.330 e. The second-order valence-corrected chi connectivity index (χ2v) is 10.4. The number of hydrogen-bond acceptors (Lipinski definition) is 0. The van der Waals surface area contributed by atoms with Crippen LogP contribution in [-0.2, 0) is 0 Å². The highest BCUT2D eigenvalue weighted by Crippen LogP contribution is 2.10. The maximum Gasteiger partial charge on any atom is 0.110 e. The van der Waals surface area contributed by atoms with Crippen LogP contribution in [0.15, 0.2) is 0 Å². The van der Waals surface area contributed by atoms with E-state index in [9.17, 15) is 0 Å². The molecule has 0 spiro atoms. The van der Waals surface area contributed by atoms with Gasteiger partial charge in [0.25, 0.3) is 0 Å². The zero-order chi connectivity index (χ0) is 9.12. The SMILES string of the molecule is CC[N+](C)(CC)C[Si](C)(C)C. The number of nitrogens with zero attached hydrogens (tertiary/aromatic N) is 1. The molecule has 0 aliphatic rings. The molecular formula is C9H24NSi+. The van der Waals surface area contributed by atoms with Crippen molar-refractivity contribution >= 4 is 8.07 Å². The second-order valence-electron chi connectivity index (χ2n) is 4.97. The quantitative estimate of drug-likeness (QED) is 0.453. The Kier molecular flexibility index (Phi) is 3.78. The van der Waals surface area contributed by atoms with Gasteiger partial charge in [-0.05, 0) is 13.8 Å². The lowest BCUT2D eigenvalue weighted by Crippen LogP contribution is -2.52. The van der Waals surface area contributed by atoms with Crippen molar-refractivity contribution < 1.29 is 4.48 Å². The zero-order valence-electron chi connectivity index (χ0n) is 9.07. The lowest BCUT2D eigenvalue weighted by molar-refractivity contribution is -0.896. The molecule has 11 heavy (non-hydrogen) atoms. The van der Waals surface area contributed by atoms with Gasteiger partial charge in [-0.15, -0.1) is 0 Å². The molecule has 0 aliphatic carbocycles. The van der Waals surface area contributed by atoms with Crippen LogP contribution in [0, 0.1) is 0 Å². The fraction of sp³-hybridized carbons (Fsp3) is 1.00. The lowest BCUT2D eigenvalue weighted by atomic mass is 10.5. The van der Waals surface area contributed by atoms with E-state index < -0.39 is 8.07 Å².